The lowest BCUT2D eigenvalue weighted by Gasteiger charge is -2.00. The maximum absolute atomic E-state index is 11.0. The van der Waals surface area contributed by atoms with Gasteiger partial charge in [-0.1, -0.05) is 64.7 Å². The first-order valence-corrected chi connectivity index (χ1v) is 8.63. The lowest BCUT2D eigenvalue weighted by molar-refractivity contribution is 0.229. The molecule has 0 rings (SSSR count). The van der Waals surface area contributed by atoms with E-state index in [2.05, 4.69) is 6.92 Å². The van der Waals surface area contributed by atoms with Crippen LogP contribution in [0.1, 0.15) is 78.1 Å². The van der Waals surface area contributed by atoms with E-state index in [1.807, 2.05) is 6.92 Å². The Hall–Kier alpha value is 0.0200. The van der Waals surface area contributed by atoms with Crippen molar-refractivity contribution >= 4 is 8.25 Å². The molecule has 3 nitrogen and oxygen atoms in total. The zero-order valence-corrected chi connectivity index (χ0v) is 13.1. The van der Waals surface area contributed by atoms with Gasteiger partial charge in [-0.15, -0.1) is 9.05 Å². The molecule has 0 aliphatic rings. The average molecular weight is 277 g/mol. The van der Waals surface area contributed by atoms with Gasteiger partial charge in [0.1, 0.15) is 13.2 Å². The summed E-state index contributed by atoms with van der Waals surface area (Å²) in [6, 6.07) is 0. The van der Waals surface area contributed by atoms with Crippen LogP contribution < -0.4 is 0 Å². The molecule has 108 valence electrons. The molecule has 0 amide bonds. The standard InChI is InChI=1S/C14H30O3P/c1-3-5-6-7-8-9-10-11-12-13-14-17-18(15)16-4-2/h3-14H2,1-2H3/q+1. The van der Waals surface area contributed by atoms with Gasteiger partial charge in [0.15, 0.2) is 0 Å². The van der Waals surface area contributed by atoms with Gasteiger partial charge in [-0.2, -0.15) is 0 Å². The van der Waals surface area contributed by atoms with Crippen LogP contribution in [-0.2, 0) is 13.6 Å². The fourth-order valence-electron chi connectivity index (χ4n) is 1.87. The summed E-state index contributed by atoms with van der Waals surface area (Å²) in [6.07, 6.45) is 13.0. The normalized spacial score (nSPS) is 11.8. The van der Waals surface area contributed by atoms with Gasteiger partial charge in [0.05, 0.1) is 0 Å². The summed E-state index contributed by atoms with van der Waals surface area (Å²) < 4.78 is 20.9. The van der Waals surface area contributed by atoms with Crippen LogP contribution in [0.4, 0.5) is 0 Å². The van der Waals surface area contributed by atoms with Gasteiger partial charge in [0.2, 0.25) is 0 Å². The quantitative estimate of drug-likeness (QED) is 0.305. The van der Waals surface area contributed by atoms with Gasteiger partial charge in [0.25, 0.3) is 0 Å². The summed E-state index contributed by atoms with van der Waals surface area (Å²) in [5.74, 6) is 0. The van der Waals surface area contributed by atoms with Crippen LogP contribution in [-0.4, -0.2) is 13.2 Å². The SMILES string of the molecule is CCCCCCCCCCCCO[P+](=O)OCC. The lowest BCUT2D eigenvalue weighted by Crippen LogP contribution is -1.89. The lowest BCUT2D eigenvalue weighted by atomic mass is 10.1. The molecule has 0 spiro atoms. The van der Waals surface area contributed by atoms with Gasteiger partial charge in [0, 0.05) is 4.57 Å². The molecule has 0 heterocycles. The van der Waals surface area contributed by atoms with Gasteiger partial charge in [-0.3, -0.25) is 0 Å². The topological polar surface area (TPSA) is 35.5 Å². The Kier molecular flexibility index (Phi) is 15.1. The van der Waals surface area contributed by atoms with Crippen LogP contribution in [0.2, 0.25) is 0 Å². The Balaban J connectivity index is 3.01. The summed E-state index contributed by atoms with van der Waals surface area (Å²) in [4.78, 5) is 0. The minimum Gasteiger partial charge on any atom is -0.119 e. The van der Waals surface area contributed by atoms with Crippen molar-refractivity contribution < 1.29 is 13.6 Å². The molecule has 4 heteroatoms. The molecule has 0 aromatic heterocycles. The smallest absolute Gasteiger partial charge is 0.119 e. The second kappa shape index (κ2) is 15.1. The first-order valence-electron chi connectivity index (χ1n) is 7.54. The van der Waals surface area contributed by atoms with Crippen LogP contribution in [0.3, 0.4) is 0 Å². The van der Waals surface area contributed by atoms with Crippen molar-refractivity contribution in [2.24, 2.45) is 0 Å². The number of hydrogen-bond donors (Lipinski definition) is 0. The van der Waals surface area contributed by atoms with E-state index in [0.29, 0.717) is 13.2 Å². The molecular weight excluding hydrogens is 247 g/mol. The molecule has 0 N–H and O–H groups in total. The molecule has 0 bridgehead atoms. The van der Waals surface area contributed by atoms with E-state index in [9.17, 15) is 4.57 Å². The Morgan fingerprint density at radius 1 is 0.722 bits per heavy atom. The van der Waals surface area contributed by atoms with Crippen LogP contribution >= 0.6 is 8.25 Å². The molecule has 0 aromatic rings. The van der Waals surface area contributed by atoms with Crippen molar-refractivity contribution in [2.45, 2.75) is 78.1 Å². The largest absolute Gasteiger partial charge is 0.697 e. The molecule has 0 aliphatic heterocycles. The van der Waals surface area contributed by atoms with Gasteiger partial charge in [-0.05, 0) is 13.3 Å². The second-order valence-corrected chi connectivity index (χ2v) is 5.62. The van der Waals surface area contributed by atoms with Gasteiger partial charge in [-0.25, -0.2) is 0 Å². The van der Waals surface area contributed by atoms with E-state index in [-0.39, 0.29) is 0 Å². The Bertz CT molecular complexity index is 186. The van der Waals surface area contributed by atoms with Crippen molar-refractivity contribution in [3.63, 3.8) is 0 Å². The molecular formula is C14H30O3P+. The van der Waals surface area contributed by atoms with Gasteiger partial charge >= 0.3 is 8.25 Å². The zero-order valence-electron chi connectivity index (χ0n) is 12.2. The summed E-state index contributed by atoms with van der Waals surface area (Å²) >= 11 is 0. The minimum atomic E-state index is -1.87. The van der Waals surface area contributed by atoms with Crippen LogP contribution in [0, 0.1) is 0 Å². The highest BCUT2D eigenvalue weighted by Gasteiger charge is 2.17. The summed E-state index contributed by atoms with van der Waals surface area (Å²) in [5.41, 5.74) is 0. The highest BCUT2D eigenvalue weighted by atomic mass is 31.1. The monoisotopic (exact) mass is 277 g/mol. The van der Waals surface area contributed by atoms with Crippen molar-refractivity contribution in [3.05, 3.63) is 0 Å². The highest BCUT2D eigenvalue weighted by molar-refractivity contribution is 7.33. The molecule has 1 atom stereocenters. The van der Waals surface area contributed by atoms with Crippen LogP contribution in [0.15, 0.2) is 0 Å². The molecule has 0 aliphatic carbocycles. The maximum Gasteiger partial charge on any atom is 0.697 e. The molecule has 0 aromatic carbocycles. The van der Waals surface area contributed by atoms with E-state index >= 15 is 0 Å². The first kappa shape index (κ1) is 18.0. The molecule has 0 saturated carbocycles. The van der Waals surface area contributed by atoms with Crippen molar-refractivity contribution in [2.75, 3.05) is 13.2 Å². The Labute approximate surface area is 114 Å². The van der Waals surface area contributed by atoms with E-state index in [1.165, 1.54) is 57.8 Å². The second-order valence-electron chi connectivity index (χ2n) is 4.66. The number of hydrogen-bond acceptors (Lipinski definition) is 3. The third-order valence-electron chi connectivity index (χ3n) is 2.93. The van der Waals surface area contributed by atoms with Crippen LogP contribution in [0.25, 0.3) is 0 Å². The van der Waals surface area contributed by atoms with E-state index in [4.69, 9.17) is 9.05 Å². The number of rotatable bonds is 14. The average Bonchev–Trinajstić information content (AvgIpc) is 2.36. The molecule has 1 unspecified atom stereocenters. The summed E-state index contributed by atoms with van der Waals surface area (Å²) in [6.45, 7) is 5.08. The van der Waals surface area contributed by atoms with Gasteiger partial charge < -0.3 is 0 Å². The van der Waals surface area contributed by atoms with Crippen LogP contribution in [0.5, 0.6) is 0 Å². The Morgan fingerprint density at radius 2 is 1.22 bits per heavy atom. The van der Waals surface area contributed by atoms with Crippen molar-refractivity contribution in [1.29, 1.82) is 0 Å². The number of unbranched alkanes of at least 4 members (excludes halogenated alkanes) is 9. The predicted octanol–water partition coefficient (Wildman–Crippen LogP) is 5.62. The summed E-state index contributed by atoms with van der Waals surface area (Å²) in [7, 11) is -1.87. The molecule has 0 radical (unpaired) electrons. The molecule has 18 heavy (non-hydrogen) atoms. The van der Waals surface area contributed by atoms with E-state index in [0.717, 1.165) is 6.42 Å². The summed E-state index contributed by atoms with van der Waals surface area (Å²) in [5, 5.41) is 0. The van der Waals surface area contributed by atoms with E-state index < -0.39 is 8.25 Å². The third kappa shape index (κ3) is 14.1. The maximum atomic E-state index is 11.0. The highest BCUT2D eigenvalue weighted by Crippen LogP contribution is 2.23. The van der Waals surface area contributed by atoms with Crippen molar-refractivity contribution in [3.8, 4) is 0 Å². The van der Waals surface area contributed by atoms with E-state index in [1.54, 1.807) is 0 Å². The van der Waals surface area contributed by atoms with Crippen molar-refractivity contribution in [1.82, 2.24) is 0 Å². The molecule has 0 fully saturated rings. The Morgan fingerprint density at radius 3 is 1.72 bits per heavy atom. The zero-order chi connectivity index (χ0) is 13.5. The predicted molar refractivity (Wildman–Crippen MR) is 77.0 cm³/mol. The third-order valence-corrected chi connectivity index (χ3v) is 3.79. The fourth-order valence-corrected chi connectivity index (χ4v) is 2.43. The minimum absolute atomic E-state index is 0.452. The molecule has 0 saturated heterocycles. The first-order chi connectivity index (χ1) is 8.81. The fraction of sp³-hybridized carbons (Fsp3) is 1.00.